The van der Waals surface area contributed by atoms with E-state index >= 15 is 0 Å². The van der Waals surface area contributed by atoms with Crippen molar-refractivity contribution >= 4 is 29.0 Å². The van der Waals surface area contributed by atoms with Crippen LogP contribution in [0.3, 0.4) is 0 Å². The normalized spacial score (nSPS) is 21.2. The highest BCUT2D eigenvalue weighted by Gasteiger charge is 2.35. The molecule has 98 valence electrons. The van der Waals surface area contributed by atoms with Crippen LogP contribution in [0.25, 0.3) is 5.76 Å². The maximum absolute atomic E-state index is 12.1. The fourth-order valence-electron chi connectivity index (χ4n) is 2.41. The summed E-state index contributed by atoms with van der Waals surface area (Å²) < 4.78 is 0. The number of aliphatic imine (C=N–C) groups is 1. The molecule has 1 N–H and O–H groups in total. The Morgan fingerprint density at radius 2 is 2.05 bits per heavy atom. The third-order valence-corrected chi connectivity index (χ3v) is 3.59. The van der Waals surface area contributed by atoms with Crippen LogP contribution in [0.1, 0.15) is 12.0 Å². The molecule has 0 radical (unpaired) electrons. The first-order chi connectivity index (χ1) is 9.16. The lowest BCUT2D eigenvalue weighted by Gasteiger charge is -2.21. The quantitative estimate of drug-likeness (QED) is 0.632. The number of benzene rings is 1. The first-order valence-electron chi connectivity index (χ1n) is 6.19. The number of hydrogen-bond acceptors (Lipinski definition) is 4. The maximum Gasteiger partial charge on any atom is 0.189 e. The number of ketones is 1. The van der Waals surface area contributed by atoms with Crippen molar-refractivity contribution < 1.29 is 9.90 Å². The van der Waals surface area contributed by atoms with Crippen LogP contribution in [0.5, 0.6) is 0 Å². The number of fused-ring (bicyclic) bond motifs is 1. The van der Waals surface area contributed by atoms with Crippen molar-refractivity contribution in [3.8, 4) is 0 Å². The molecule has 5 heteroatoms. The van der Waals surface area contributed by atoms with E-state index in [1.165, 1.54) is 0 Å². The van der Waals surface area contributed by atoms with Gasteiger partial charge in [-0.15, -0.1) is 0 Å². The van der Waals surface area contributed by atoms with Crippen LogP contribution in [0.15, 0.2) is 34.8 Å². The summed E-state index contributed by atoms with van der Waals surface area (Å²) in [6.07, 6.45) is 0.950. The molecule has 3 rings (SSSR count). The summed E-state index contributed by atoms with van der Waals surface area (Å²) in [6.45, 7) is 1.84. The molecule has 0 aliphatic carbocycles. The number of Topliss-reactive ketones (excluding diaryl/α,β-unsaturated/α-hetero) is 1. The highest BCUT2D eigenvalue weighted by molar-refractivity contribution is 6.31. The molecule has 1 fully saturated rings. The number of aliphatic hydroxyl groups excluding tert-OH is 1. The zero-order valence-electron chi connectivity index (χ0n) is 10.3. The average Bonchev–Trinajstić information content (AvgIpc) is 2.74. The molecule has 0 saturated carbocycles. The molecular formula is C14H13ClN2O2. The smallest absolute Gasteiger partial charge is 0.189 e. The second kappa shape index (κ2) is 4.70. The molecule has 2 aliphatic rings. The molecule has 1 saturated heterocycles. The predicted octanol–water partition coefficient (Wildman–Crippen LogP) is 2.30. The minimum Gasteiger partial charge on any atom is -0.506 e. The van der Waals surface area contributed by atoms with Crippen molar-refractivity contribution in [1.29, 1.82) is 0 Å². The molecule has 19 heavy (non-hydrogen) atoms. The number of hydrogen-bond donors (Lipinski definition) is 1. The van der Waals surface area contributed by atoms with E-state index in [9.17, 15) is 9.90 Å². The second-order valence-corrected chi connectivity index (χ2v) is 5.07. The SMILES string of the molecule is O=C1CN2CCCN=C2/C1=C(\O)c1ccc(Cl)cc1. The Morgan fingerprint density at radius 1 is 1.32 bits per heavy atom. The number of carbonyl (C=O) groups excluding carboxylic acids is 1. The van der Waals surface area contributed by atoms with Gasteiger partial charge in [-0.05, 0) is 30.7 Å². The van der Waals surface area contributed by atoms with E-state index in [0.717, 1.165) is 13.0 Å². The Kier molecular flexibility index (Phi) is 3.03. The van der Waals surface area contributed by atoms with Gasteiger partial charge in [-0.25, -0.2) is 0 Å². The van der Waals surface area contributed by atoms with Crippen LogP contribution in [-0.4, -0.2) is 41.3 Å². The van der Waals surface area contributed by atoms with Crippen LogP contribution in [0, 0.1) is 0 Å². The fourth-order valence-corrected chi connectivity index (χ4v) is 2.54. The van der Waals surface area contributed by atoms with Gasteiger partial charge in [-0.1, -0.05) is 11.6 Å². The minimum atomic E-state index is -0.0758. The highest BCUT2D eigenvalue weighted by atomic mass is 35.5. The summed E-state index contributed by atoms with van der Waals surface area (Å²) in [5, 5.41) is 10.9. The molecule has 0 atom stereocenters. The topological polar surface area (TPSA) is 52.9 Å². The van der Waals surface area contributed by atoms with Gasteiger partial charge in [-0.2, -0.15) is 0 Å². The number of rotatable bonds is 1. The Labute approximate surface area is 116 Å². The summed E-state index contributed by atoms with van der Waals surface area (Å²) in [4.78, 5) is 18.3. The van der Waals surface area contributed by atoms with E-state index in [0.29, 0.717) is 35.1 Å². The van der Waals surface area contributed by atoms with Gasteiger partial charge < -0.3 is 10.0 Å². The Morgan fingerprint density at radius 3 is 2.79 bits per heavy atom. The predicted molar refractivity (Wildman–Crippen MR) is 74.5 cm³/mol. The Bertz CT molecular complexity index is 590. The molecule has 2 aliphatic heterocycles. The zero-order chi connectivity index (χ0) is 13.4. The van der Waals surface area contributed by atoms with Gasteiger partial charge in [0.1, 0.15) is 17.2 Å². The Hall–Kier alpha value is -1.81. The van der Waals surface area contributed by atoms with E-state index in [4.69, 9.17) is 11.6 Å². The molecule has 0 bridgehead atoms. The Balaban J connectivity index is 2.07. The molecule has 2 heterocycles. The van der Waals surface area contributed by atoms with Crippen molar-refractivity contribution in [3.05, 3.63) is 40.4 Å². The lowest BCUT2D eigenvalue weighted by atomic mass is 10.1. The van der Waals surface area contributed by atoms with Crippen molar-refractivity contribution in [2.45, 2.75) is 6.42 Å². The van der Waals surface area contributed by atoms with Crippen LogP contribution in [0.4, 0.5) is 0 Å². The van der Waals surface area contributed by atoms with E-state index in [-0.39, 0.29) is 11.5 Å². The summed E-state index contributed by atoms with van der Waals surface area (Å²) in [6, 6.07) is 6.77. The van der Waals surface area contributed by atoms with Crippen molar-refractivity contribution in [2.24, 2.45) is 4.99 Å². The number of carbonyl (C=O) groups is 1. The van der Waals surface area contributed by atoms with Gasteiger partial charge in [0.2, 0.25) is 0 Å². The first-order valence-corrected chi connectivity index (χ1v) is 6.57. The number of nitrogens with zero attached hydrogens (tertiary/aromatic N) is 2. The third-order valence-electron chi connectivity index (χ3n) is 3.34. The lowest BCUT2D eigenvalue weighted by molar-refractivity contribution is -0.114. The summed E-state index contributed by atoms with van der Waals surface area (Å²) >= 11 is 5.82. The molecule has 0 aromatic heterocycles. The van der Waals surface area contributed by atoms with E-state index in [1.807, 2.05) is 4.90 Å². The number of aliphatic hydroxyl groups is 1. The number of amidine groups is 1. The van der Waals surface area contributed by atoms with Gasteiger partial charge in [0, 0.05) is 23.7 Å². The molecule has 1 aromatic carbocycles. The summed E-state index contributed by atoms with van der Waals surface area (Å²) in [7, 11) is 0. The van der Waals surface area contributed by atoms with Crippen molar-refractivity contribution in [3.63, 3.8) is 0 Å². The highest BCUT2D eigenvalue weighted by Crippen LogP contribution is 2.26. The minimum absolute atomic E-state index is 0.00943. The standard InChI is InChI=1S/C14H13ClN2O2/c15-10-4-2-9(3-5-10)13(19)12-11(18)8-17-7-1-6-16-14(12)17/h2-5,19H,1,6-8H2/b13-12-. The van der Waals surface area contributed by atoms with Crippen molar-refractivity contribution in [1.82, 2.24) is 4.90 Å². The number of halogens is 1. The summed E-state index contributed by atoms with van der Waals surface area (Å²) in [5.41, 5.74) is 0.921. The molecule has 0 unspecified atom stereocenters. The molecule has 0 spiro atoms. The van der Waals surface area contributed by atoms with E-state index < -0.39 is 0 Å². The molecular weight excluding hydrogens is 264 g/mol. The molecule has 4 nitrogen and oxygen atoms in total. The van der Waals surface area contributed by atoms with Crippen molar-refractivity contribution in [2.75, 3.05) is 19.6 Å². The zero-order valence-corrected chi connectivity index (χ0v) is 11.0. The van der Waals surface area contributed by atoms with E-state index in [1.54, 1.807) is 24.3 Å². The van der Waals surface area contributed by atoms with E-state index in [2.05, 4.69) is 4.99 Å². The molecule has 1 aromatic rings. The second-order valence-electron chi connectivity index (χ2n) is 4.63. The summed E-state index contributed by atoms with van der Waals surface area (Å²) in [5.74, 6) is 0.543. The largest absolute Gasteiger partial charge is 0.506 e. The van der Waals surface area contributed by atoms with Gasteiger partial charge in [0.15, 0.2) is 5.78 Å². The fraction of sp³-hybridized carbons (Fsp3) is 0.286. The van der Waals surface area contributed by atoms with Gasteiger partial charge >= 0.3 is 0 Å². The van der Waals surface area contributed by atoms with Crippen LogP contribution in [0.2, 0.25) is 5.02 Å². The van der Waals surface area contributed by atoms with Crippen LogP contribution < -0.4 is 0 Å². The molecule has 0 amide bonds. The maximum atomic E-state index is 12.1. The van der Waals surface area contributed by atoms with Crippen LogP contribution >= 0.6 is 11.6 Å². The van der Waals surface area contributed by atoms with Gasteiger partial charge in [0.05, 0.1) is 6.54 Å². The third kappa shape index (κ3) is 2.12. The van der Waals surface area contributed by atoms with Crippen LogP contribution in [-0.2, 0) is 4.79 Å². The lowest BCUT2D eigenvalue weighted by Crippen LogP contribution is -2.31. The van der Waals surface area contributed by atoms with Gasteiger partial charge in [0.25, 0.3) is 0 Å². The first kappa shape index (κ1) is 12.2. The van der Waals surface area contributed by atoms with Gasteiger partial charge in [-0.3, -0.25) is 9.79 Å². The monoisotopic (exact) mass is 276 g/mol. The average molecular weight is 277 g/mol.